The van der Waals surface area contributed by atoms with Crippen LogP contribution in [0.1, 0.15) is 5.56 Å². The summed E-state index contributed by atoms with van der Waals surface area (Å²) in [7, 11) is -2.45. The van der Waals surface area contributed by atoms with Gasteiger partial charge in [-0.1, -0.05) is 22.0 Å². The van der Waals surface area contributed by atoms with E-state index >= 15 is 0 Å². The molecule has 1 rings (SSSR count). The predicted molar refractivity (Wildman–Crippen MR) is 64.7 cm³/mol. The van der Waals surface area contributed by atoms with E-state index in [1.54, 1.807) is 6.07 Å². The first-order valence-electron chi connectivity index (χ1n) is 4.66. The van der Waals surface area contributed by atoms with Gasteiger partial charge in [-0.05, 0) is 12.1 Å². The smallest absolute Gasteiger partial charge is 0.207 e. The zero-order valence-electron chi connectivity index (χ0n) is 9.02. The van der Waals surface area contributed by atoms with E-state index in [1.807, 2.05) is 0 Å². The van der Waals surface area contributed by atoms with Gasteiger partial charge in [-0.15, -0.1) is 0 Å². The van der Waals surface area contributed by atoms with Crippen LogP contribution in [0.25, 0.3) is 0 Å². The maximum Gasteiger partial charge on any atom is 0.244 e. The van der Waals surface area contributed by atoms with Gasteiger partial charge in [-0.3, -0.25) is 0 Å². The molecule has 0 aliphatic carbocycles. The summed E-state index contributed by atoms with van der Waals surface area (Å²) in [5.41, 5.74) is -0.450. The monoisotopic (exact) mass is 320 g/mol. The van der Waals surface area contributed by atoms with Gasteiger partial charge in [0.15, 0.2) is 0 Å². The van der Waals surface area contributed by atoms with Gasteiger partial charge in [-0.2, -0.15) is 5.26 Å². The normalized spacial score (nSPS) is 11.5. The van der Waals surface area contributed by atoms with Crippen LogP contribution in [0.3, 0.4) is 0 Å². The average Bonchev–Trinajstić information content (AvgIpc) is 2.29. The number of benzene rings is 1. The molecule has 0 radical (unpaired) electrons. The quantitative estimate of drug-likeness (QED) is 0.793. The van der Waals surface area contributed by atoms with Crippen molar-refractivity contribution in [3.05, 3.63) is 29.6 Å². The Morgan fingerprint density at radius 3 is 2.71 bits per heavy atom. The number of alkyl halides is 1. The summed E-state index contributed by atoms with van der Waals surface area (Å²) in [6, 6.07) is 5.12. The van der Waals surface area contributed by atoms with Crippen LogP contribution in [-0.2, 0) is 10.0 Å². The van der Waals surface area contributed by atoms with Crippen LogP contribution < -0.4 is 0 Å². The minimum Gasteiger partial charge on any atom is -0.207 e. The van der Waals surface area contributed by atoms with Crippen LogP contribution in [0.4, 0.5) is 4.39 Å². The molecule has 0 saturated heterocycles. The zero-order valence-corrected chi connectivity index (χ0v) is 11.4. The Hall–Kier alpha value is -0.970. The second-order valence-electron chi connectivity index (χ2n) is 3.24. The van der Waals surface area contributed by atoms with Crippen LogP contribution >= 0.6 is 15.9 Å². The summed E-state index contributed by atoms with van der Waals surface area (Å²) in [5.74, 6) is -0.833. The van der Waals surface area contributed by atoms with Crippen molar-refractivity contribution in [1.29, 1.82) is 5.26 Å². The lowest BCUT2D eigenvalue weighted by atomic mass is 10.2. The van der Waals surface area contributed by atoms with Crippen LogP contribution in [0.15, 0.2) is 23.1 Å². The molecule has 0 amide bonds. The number of hydrogen-bond donors (Lipinski definition) is 0. The Bertz CT molecular complexity index is 554. The second kappa shape index (κ2) is 5.58. The van der Waals surface area contributed by atoms with Crippen molar-refractivity contribution in [2.24, 2.45) is 0 Å². The Morgan fingerprint density at radius 1 is 1.53 bits per heavy atom. The molecule has 0 aliphatic heterocycles. The molecule has 0 heterocycles. The molecule has 0 aromatic heterocycles. The first kappa shape index (κ1) is 14.1. The van der Waals surface area contributed by atoms with Crippen LogP contribution in [0.2, 0.25) is 0 Å². The minimum atomic E-state index is -3.83. The minimum absolute atomic E-state index is 0.240. The van der Waals surface area contributed by atoms with Crippen LogP contribution in [0.5, 0.6) is 0 Å². The SMILES string of the molecule is CN(CCBr)S(=O)(=O)c1cccc(F)c1C#N. The first-order valence-corrected chi connectivity index (χ1v) is 7.22. The fraction of sp³-hybridized carbons (Fsp3) is 0.300. The molecule has 0 bridgehead atoms. The molecule has 0 saturated carbocycles. The molecular weight excluding hydrogens is 311 g/mol. The number of nitriles is 1. The fourth-order valence-electron chi connectivity index (χ4n) is 1.23. The van der Waals surface area contributed by atoms with E-state index < -0.39 is 21.4 Å². The predicted octanol–water partition coefficient (Wildman–Crippen LogP) is 1.71. The highest BCUT2D eigenvalue weighted by atomic mass is 79.9. The molecule has 0 atom stereocenters. The Labute approximate surface area is 108 Å². The van der Waals surface area contributed by atoms with Crippen molar-refractivity contribution in [2.75, 3.05) is 18.9 Å². The van der Waals surface area contributed by atoms with E-state index in [0.29, 0.717) is 5.33 Å². The molecular formula is C10H10BrFN2O2S. The van der Waals surface area contributed by atoms with Gasteiger partial charge < -0.3 is 0 Å². The topological polar surface area (TPSA) is 61.2 Å². The molecule has 1 aromatic rings. The second-order valence-corrected chi connectivity index (χ2v) is 6.05. The van der Waals surface area contributed by atoms with Crippen molar-refractivity contribution < 1.29 is 12.8 Å². The third kappa shape index (κ3) is 2.83. The summed E-state index contributed by atoms with van der Waals surface area (Å²) in [6.07, 6.45) is 0. The Kier molecular flexibility index (Phi) is 4.62. The third-order valence-electron chi connectivity index (χ3n) is 2.17. The molecule has 0 N–H and O–H groups in total. The maximum absolute atomic E-state index is 13.3. The summed E-state index contributed by atoms with van der Waals surface area (Å²) in [6.45, 7) is 0.240. The van der Waals surface area contributed by atoms with Crippen molar-refractivity contribution in [2.45, 2.75) is 4.90 Å². The highest BCUT2D eigenvalue weighted by Crippen LogP contribution is 2.21. The molecule has 0 fully saturated rings. The molecule has 92 valence electrons. The highest BCUT2D eigenvalue weighted by Gasteiger charge is 2.25. The molecule has 0 unspecified atom stereocenters. The van der Waals surface area contributed by atoms with Crippen molar-refractivity contribution >= 4 is 26.0 Å². The lowest BCUT2D eigenvalue weighted by Crippen LogP contribution is -2.29. The molecule has 0 spiro atoms. The number of rotatable bonds is 4. The van der Waals surface area contributed by atoms with Crippen LogP contribution in [0, 0.1) is 17.1 Å². The Balaban J connectivity index is 3.35. The van der Waals surface area contributed by atoms with Gasteiger partial charge in [0.1, 0.15) is 22.3 Å². The van der Waals surface area contributed by atoms with E-state index in [0.717, 1.165) is 10.4 Å². The van der Waals surface area contributed by atoms with Crippen molar-refractivity contribution in [3.8, 4) is 6.07 Å². The molecule has 17 heavy (non-hydrogen) atoms. The van der Waals surface area contributed by atoms with Gasteiger partial charge in [0, 0.05) is 18.9 Å². The number of hydrogen-bond acceptors (Lipinski definition) is 3. The van der Waals surface area contributed by atoms with Gasteiger partial charge in [0.25, 0.3) is 0 Å². The summed E-state index contributed by atoms with van der Waals surface area (Å²) in [5, 5.41) is 9.25. The lowest BCUT2D eigenvalue weighted by Gasteiger charge is -2.16. The van der Waals surface area contributed by atoms with Crippen molar-refractivity contribution in [3.63, 3.8) is 0 Å². The average molecular weight is 321 g/mol. The molecule has 4 nitrogen and oxygen atoms in total. The zero-order chi connectivity index (χ0) is 13.1. The number of halogens is 2. The largest absolute Gasteiger partial charge is 0.244 e. The van der Waals surface area contributed by atoms with E-state index in [9.17, 15) is 12.8 Å². The lowest BCUT2D eigenvalue weighted by molar-refractivity contribution is 0.488. The summed E-state index contributed by atoms with van der Waals surface area (Å²) in [4.78, 5) is -0.302. The Morgan fingerprint density at radius 2 is 2.18 bits per heavy atom. The van der Waals surface area contributed by atoms with E-state index in [-0.39, 0.29) is 11.4 Å². The van der Waals surface area contributed by atoms with Gasteiger partial charge in [0.2, 0.25) is 10.0 Å². The number of sulfonamides is 1. The van der Waals surface area contributed by atoms with E-state index in [4.69, 9.17) is 5.26 Å². The first-order chi connectivity index (χ1) is 7.95. The third-order valence-corrected chi connectivity index (χ3v) is 4.43. The fourth-order valence-corrected chi connectivity index (χ4v) is 3.32. The highest BCUT2D eigenvalue weighted by molar-refractivity contribution is 9.09. The van der Waals surface area contributed by atoms with Gasteiger partial charge in [0.05, 0.1) is 0 Å². The molecule has 7 heteroatoms. The van der Waals surface area contributed by atoms with Crippen LogP contribution in [-0.4, -0.2) is 31.6 Å². The van der Waals surface area contributed by atoms with E-state index in [1.165, 1.54) is 19.2 Å². The maximum atomic E-state index is 13.3. The summed E-state index contributed by atoms with van der Waals surface area (Å²) >= 11 is 3.12. The standard InChI is InChI=1S/C10H10BrFN2O2S/c1-14(6-5-11)17(15,16)10-4-2-3-9(12)8(10)7-13/h2-4H,5-6H2,1H3. The van der Waals surface area contributed by atoms with Crippen molar-refractivity contribution in [1.82, 2.24) is 4.31 Å². The van der Waals surface area contributed by atoms with Gasteiger partial charge >= 0.3 is 0 Å². The number of nitrogens with zero attached hydrogens (tertiary/aromatic N) is 2. The van der Waals surface area contributed by atoms with E-state index in [2.05, 4.69) is 15.9 Å². The van der Waals surface area contributed by atoms with Gasteiger partial charge in [-0.25, -0.2) is 17.1 Å². The molecule has 1 aromatic carbocycles. The summed E-state index contributed by atoms with van der Waals surface area (Å²) < 4.78 is 38.5. The molecule has 0 aliphatic rings.